The number of nitrogens with one attached hydrogen (secondary N) is 2. The number of pyridine rings is 1. The lowest BCUT2D eigenvalue weighted by molar-refractivity contribution is 0.899. The van der Waals surface area contributed by atoms with E-state index in [-0.39, 0.29) is 5.56 Å². The quantitative estimate of drug-likeness (QED) is 0.581. The van der Waals surface area contributed by atoms with Crippen LogP contribution in [0.1, 0.15) is 0 Å². The predicted octanol–water partition coefficient (Wildman–Crippen LogP) is 1.47. The minimum Gasteiger partial charge on any atom is -0.296 e. The molecule has 21 heavy (non-hydrogen) atoms. The maximum absolute atomic E-state index is 12.5. The van der Waals surface area contributed by atoms with Crippen LogP contribution in [0, 0.1) is 0 Å². The van der Waals surface area contributed by atoms with Gasteiger partial charge in [-0.2, -0.15) is 5.10 Å². The fourth-order valence-corrected chi connectivity index (χ4v) is 2.28. The lowest BCUT2D eigenvalue weighted by Crippen LogP contribution is -2.17. The predicted molar refractivity (Wildman–Crippen MR) is 76.6 cm³/mol. The van der Waals surface area contributed by atoms with Gasteiger partial charge < -0.3 is 0 Å². The standard InChI is InChI=1S/C14H10N6O/c21-14-11(12-3-5-17-19-12)7-16-13-10(8-18-20(13)14)9-2-1-4-15-6-9/h1-8,18H,(H,17,19). The third-order valence-corrected chi connectivity index (χ3v) is 3.30. The van der Waals surface area contributed by atoms with E-state index in [1.807, 2.05) is 12.1 Å². The van der Waals surface area contributed by atoms with Gasteiger partial charge in [0.25, 0.3) is 5.56 Å². The zero-order chi connectivity index (χ0) is 14.2. The number of rotatable bonds is 2. The first-order valence-electron chi connectivity index (χ1n) is 6.34. The maximum Gasteiger partial charge on any atom is 0.282 e. The Morgan fingerprint density at radius 3 is 2.81 bits per heavy atom. The Balaban J connectivity index is 1.96. The van der Waals surface area contributed by atoms with Gasteiger partial charge in [0, 0.05) is 42.1 Å². The molecule has 0 spiro atoms. The first-order valence-corrected chi connectivity index (χ1v) is 6.34. The molecule has 0 aromatic carbocycles. The van der Waals surface area contributed by atoms with Gasteiger partial charge in [-0.1, -0.05) is 6.07 Å². The maximum atomic E-state index is 12.5. The van der Waals surface area contributed by atoms with Crippen LogP contribution in [0.15, 0.2) is 54.0 Å². The van der Waals surface area contributed by atoms with Gasteiger partial charge in [-0.05, 0) is 12.1 Å². The molecule has 0 amide bonds. The molecule has 0 fully saturated rings. The van der Waals surface area contributed by atoms with Crippen molar-refractivity contribution in [2.45, 2.75) is 0 Å². The van der Waals surface area contributed by atoms with Crippen LogP contribution in [0.5, 0.6) is 0 Å². The lowest BCUT2D eigenvalue weighted by atomic mass is 10.1. The number of fused-ring (bicyclic) bond motifs is 1. The van der Waals surface area contributed by atoms with E-state index in [9.17, 15) is 4.79 Å². The fourth-order valence-electron chi connectivity index (χ4n) is 2.28. The summed E-state index contributed by atoms with van der Waals surface area (Å²) in [6.07, 6.45) is 8.34. The van der Waals surface area contributed by atoms with Gasteiger partial charge in [0.2, 0.25) is 0 Å². The third-order valence-electron chi connectivity index (χ3n) is 3.30. The number of nitrogens with zero attached hydrogens (tertiary/aromatic N) is 4. The number of hydrogen-bond donors (Lipinski definition) is 2. The second kappa shape index (κ2) is 4.41. The van der Waals surface area contributed by atoms with Crippen molar-refractivity contribution in [3.05, 3.63) is 59.5 Å². The minimum atomic E-state index is -0.181. The van der Waals surface area contributed by atoms with Crippen molar-refractivity contribution >= 4 is 5.65 Å². The molecule has 4 rings (SSSR count). The summed E-state index contributed by atoms with van der Waals surface area (Å²) in [7, 11) is 0. The van der Waals surface area contributed by atoms with Crippen molar-refractivity contribution in [2.24, 2.45) is 0 Å². The summed E-state index contributed by atoms with van der Waals surface area (Å²) < 4.78 is 1.42. The molecular weight excluding hydrogens is 268 g/mol. The first kappa shape index (κ1) is 11.6. The monoisotopic (exact) mass is 278 g/mol. The largest absolute Gasteiger partial charge is 0.296 e. The molecule has 4 aromatic rings. The normalized spacial score (nSPS) is 11.0. The van der Waals surface area contributed by atoms with Crippen molar-refractivity contribution < 1.29 is 0 Å². The highest BCUT2D eigenvalue weighted by Gasteiger charge is 2.13. The van der Waals surface area contributed by atoms with Gasteiger partial charge >= 0.3 is 0 Å². The van der Waals surface area contributed by atoms with Gasteiger partial charge in [-0.25, -0.2) is 9.50 Å². The van der Waals surface area contributed by atoms with Gasteiger partial charge in [-0.3, -0.25) is 20.0 Å². The van der Waals surface area contributed by atoms with Crippen LogP contribution in [0.3, 0.4) is 0 Å². The average Bonchev–Trinajstić information content (AvgIpc) is 3.18. The lowest BCUT2D eigenvalue weighted by Gasteiger charge is -2.00. The number of H-pyrrole nitrogens is 2. The smallest absolute Gasteiger partial charge is 0.282 e. The van der Waals surface area contributed by atoms with Crippen LogP contribution in [0.25, 0.3) is 28.0 Å². The average molecular weight is 278 g/mol. The van der Waals surface area contributed by atoms with E-state index in [1.165, 1.54) is 4.52 Å². The molecule has 0 aliphatic carbocycles. The Kier molecular flexibility index (Phi) is 2.43. The first-order chi connectivity index (χ1) is 10.3. The summed E-state index contributed by atoms with van der Waals surface area (Å²) in [5, 5.41) is 9.56. The molecule has 0 atom stereocenters. The molecule has 2 N–H and O–H groups in total. The molecule has 7 heteroatoms. The van der Waals surface area contributed by atoms with Crippen LogP contribution < -0.4 is 5.56 Å². The van der Waals surface area contributed by atoms with E-state index in [2.05, 4.69) is 25.3 Å². The Hall–Kier alpha value is -3.22. The summed E-state index contributed by atoms with van der Waals surface area (Å²) in [6.45, 7) is 0. The van der Waals surface area contributed by atoms with Crippen molar-refractivity contribution in [3.63, 3.8) is 0 Å². The molecule has 0 aliphatic heterocycles. The highest BCUT2D eigenvalue weighted by Crippen LogP contribution is 2.22. The van der Waals surface area contributed by atoms with Gasteiger partial charge in [0.15, 0.2) is 5.65 Å². The van der Waals surface area contributed by atoms with Crippen molar-refractivity contribution in [1.29, 1.82) is 0 Å². The summed E-state index contributed by atoms with van der Waals surface area (Å²) in [5.41, 5.74) is 3.22. The van der Waals surface area contributed by atoms with E-state index in [0.29, 0.717) is 16.9 Å². The number of aromatic nitrogens is 6. The molecule has 0 unspecified atom stereocenters. The van der Waals surface area contributed by atoms with Crippen LogP contribution >= 0.6 is 0 Å². The number of hydrogen-bond acceptors (Lipinski definition) is 4. The molecule has 7 nitrogen and oxygen atoms in total. The molecule has 0 saturated heterocycles. The third kappa shape index (κ3) is 1.75. The molecule has 4 heterocycles. The van der Waals surface area contributed by atoms with E-state index in [4.69, 9.17) is 0 Å². The van der Waals surface area contributed by atoms with E-state index in [0.717, 1.165) is 11.1 Å². The van der Waals surface area contributed by atoms with E-state index in [1.54, 1.807) is 37.1 Å². The molecule has 102 valence electrons. The van der Waals surface area contributed by atoms with Gasteiger partial charge in [-0.15, -0.1) is 0 Å². The summed E-state index contributed by atoms with van der Waals surface area (Å²) in [4.78, 5) is 21.0. The topological polar surface area (TPSA) is 91.7 Å². The van der Waals surface area contributed by atoms with Crippen LogP contribution in [0.2, 0.25) is 0 Å². The second-order valence-corrected chi connectivity index (χ2v) is 4.54. The molecule has 0 aliphatic rings. The zero-order valence-corrected chi connectivity index (χ0v) is 10.8. The Labute approximate surface area is 118 Å². The Morgan fingerprint density at radius 1 is 1.10 bits per heavy atom. The Bertz CT molecular complexity index is 952. The van der Waals surface area contributed by atoms with Gasteiger partial charge in [0.05, 0.1) is 11.3 Å². The molecule has 4 aromatic heterocycles. The molecule has 0 bridgehead atoms. The van der Waals surface area contributed by atoms with Crippen molar-refractivity contribution in [1.82, 2.24) is 29.8 Å². The summed E-state index contributed by atoms with van der Waals surface area (Å²) in [5.74, 6) is 0. The van der Waals surface area contributed by atoms with E-state index >= 15 is 0 Å². The zero-order valence-electron chi connectivity index (χ0n) is 10.8. The van der Waals surface area contributed by atoms with Crippen molar-refractivity contribution in [3.8, 4) is 22.4 Å². The fraction of sp³-hybridized carbons (Fsp3) is 0. The van der Waals surface area contributed by atoms with Gasteiger partial charge in [0.1, 0.15) is 0 Å². The number of aromatic amines is 2. The molecule has 0 radical (unpaired) electrons. The van der Waals surface area contributed by atoms with Crippen LogP contribution in [-0.4, -0.2) is 29.8 Å². The highest BCUT2D eigenvalue weighted by molar-refractivity contribution is 5.77. The van der Waals surface area contributed by atoms with Crippen LogP contribution in [-0.2, 0) is 0 Å². The SMILES string of the molecule is O=c1c(-c2ccn[nH]2)cnc2c(-c3cccnc3)c[nH]n12. The molecular formula is C14H10N6O. The second-order valence-electron chi connectivity index (χ2n) is 4.54. The summed E-state index contributed by atoms with van der Waals surface area (Å²) in [6, 6.07) is 5.50. The van der Waals surface area contributed by atoms with Crippen molar-refractivity contribution in [2.75, 3.05) is 0 Å². The highest BCUT2D eigenvalue weighted by atomic mass is 16.1. The van der Waals surface area contributed by atoms with Crippen LogP contribution in [0.4, 0.5) is 0 Å². The van der Waals surface area contributed by atoms with E-state index < -0.39 is 0 Å². The Morgan fingerprint density at radius 2 is 2.05 bits per heavy atom. The molecule has 0 saturated carbocycles. The summed E-state index contributed by atoms with van der Waals surface area (Å²) >= 11 is 0. The minimum absolute atomic E-state index is 0.181.